The summed E-state index contributed by atoms with van der Waals surface area (Å²) < 4.78 is 22.8. The molecule has 0 rings (SSSR count). The number of carbonyl (C=O) groups is 2. The van der Waals surface area contributed by atoms with Gasteiger partial charge < -0.3 is 11.1 Å². The van der Waals surface area contributed by atoms with Gasteiger partial charge in [-0.25, -0.2) is 0 Å². The summed E-state index contributed by atoms with van der Waals surface area (Å²) >= 11 is 0. The van der Waals surface area contributed by atoms with Crippen molar-refractivity contribution < 1.29 is 18.4 Å². The summed E-state index contributed by atoms with van der Waals surface area (Å²) in [5.74, 6) is -2.02. The first kappa shape index (κ1) is 9.80. The fourth-order valence-corrected chi connectivity index (χ4v) is 0.386. The number of hydrogen-bond donors (Lipinski definition) is 2. The number of hydrogen-bond acceptors (Lipinski definition) is 2. The molecule has 0 saturated heterocycles. The molecule has 64 valence electrons. The van der Waals surface area contributed by atoms with E-state index in [2.05, 4.69) is 5.73 Å². The molecule has 0 saturated carbocycles. The van der Waals surface area contributed by atoms with Crippen LogP contribution in [0.2, 0.25) is 0 Å². The predicted molar refractivity (Wildman–Crippen MR) is 32.8 cm³/mol. The van der Waals surface area contributed by atoms with Crippen LogP contribution < -0.4 is 11.1 Å². The molecule has 0 bridgehead atoms. The molecule has 0 aliphatic heterocycles. The molecule has 0 aliphatic rings. The van der Waals surface area contributed by atoms with Crippen molar-refractivity contribution in [3.8, 4) is 0 Å². The normalized spacial score (nSPS) is 9.73. The molecule has 4 nitrogen and oxygen atoms in total. The van der Waals surface area contributed by atoms with Gasteiger partial charge in [-0.1, -0.05) is 0 Å². The smallest absolute Gasteiger partial charge is 0.315 e. The van der Waals surface area contributed by atoms with Crippen LogP contribution in [-0.4, -0.2) is 24.8 Å². The van der Waals surface area contributed by atoms with Gasteiger partial charge in [0.05, 0.1) is 0 Å². The summed E-state index contributed by atoms with van der Waals surface area (Å²) in [4.78, 5) is 20.1. The van der Waals surface area contributed by atoms with E-state index in [1.807, 2.05) is 5.32 Å². The molecule has 0 aromatic rings. The van der Waals surface area contributed by atoms with E-state index in [-0.39, 0.29) is 13.0 Å². The maximum absolute atomic E-state index is 11.4. The summed E-state index contributed by atoms with van der Waals surface area (Å²) in [6, 6.07) is 0. The quantitative estimate of drug-likeness (QED) is 0.576. The molecule has 0 radical (unpaired) electrons. The largest absolute Gasteiger partial charge is 0.370 e. The van der Waals surface area contributed by atoms with Crippen LogP contribution in [-0.2, 0) is 9.59 Å². The second-order valence-electron chi connectivity index (χ2n) is 1.81. The first-order valence-electron chi connectivity index (χ1n) is 2.88. The summed E-state index contributed by atoms with van der Waals surface area (Å²) in [5, 5.41) is 1.82. The molecular formula is C5H8F2N2O2. The van der Waals surface area contributed by atoms with Crippen LogP contribution in [0.4, 0.5) is 8.78 Å². The summed E-state index contributed by atoms with van der Waals surface area (Å²) in [6.45, 7) is -0.140. The first-order valence-corrected chi connectivity index (χ1v) is 2.88. The van der Waals surface area contributed by atoms with Gasteiger partial charge >= 0.3 is 6.43 Å². The van der Waals surface area contributed by atoms with Gasteiger partial charge in [-0.2, -0.15) is 8.78 Å². The topological polar surface area (TPSA) is 72.2 Å². The van der Waals surface area contributed by atoms with Crippen LogP contribution in [0, 0.1) is 0 Å². The van der Waals surface area contributed by atoms with Gasteiger partial charge in [0.25, 0.3) is 5.91 Å². The van der Waals surface area contributed by atoms with Gasteiger partial charge in [-0.15, -0.1) is 0 Å². The Hall–Kier alpha value is -1.20. The van der Waals surface area contributed by atoms with Crippen molar-refractivity contribution in [2.24, 2.45) is 5.73 Å². The average molecular weight is 166 g/mol. The monoisotopic (exact) mass is 166 g/mol. The molecule has 0 spiro atoms. The summed E-state index contributed by atoms with van der Waals surface area (Å²) in [7, 11) is 0. The predicted octanol–water partition coefficient (Wildman–Crippen LogP) is -0.757. The molecular weight excluding hydrogens is 158 g/mol. The van der Waals surface area contributed by atoms with E-state index < -0.39 is 18.2 Å². The Kier molecular flexibility index (Phi) is 4.09. The zero-order valence-electron chi connectivity index (χ0n) is 5.64. The Bertz CT molecular complexity index is 161. The third kappa shape index (κ3) is 5.25. The average Bonchev–Trinajstić information content (AvgIpc) is 1.86. The lowest BCUT2D eigenvalue weighted by atomic mass is 10.4. The number of rotatable bonds is 4. The van der Waals surface area contributed by atoms with Gasteiger partial charge in [0.2, 0.25) is 5.91 Å². The van der Waals surface area contributed by atoms with Crippen LogP contribution in [0.3, 0.4) is 0 Å². The standard InChI is InChI=1S/C5H8F2N2O2/c6-4(7)5(11)9-2-1-3(8)10/h4H,1-2H2,(H2,8,10)(H,9,11). The van der Waals surface area contributed by atoms with Gasteiger partial charge in [0, 0.05) is 13.0 Å². The van der Waals surface area contributed by atoms with Gasteiger partial charge in [0.1, 0.15) is 0 Å². The van der Waals surface area contributed by atoms with E-state index in [0.717, 1.165) is 0 Å². The molecule has 0 heterocycles. The molecule has 2 amide bonds. The van der Waals surface area contributed by atoms with E-state index in [1.54, 1.807) is 0 Å². The van der Waals surface area contributed by atoms with Gasteiger partial charge in [-0.05, 0) is 0 Å². The molecule has 0 aromatic carbocycles. The molecule has 0 aromatic heterocycles. The lowest BCUT2D eigenvalue weighted by Crippen LogP contribution is -2.32. The molecule has 0 unspecified atom stereocenters. The zero-order chi connectivity index (χ0) is 8.85. The van der Waals surface area contributed by atoms with Crippen molar-refractivity contribution >= 4 is 11.8 Å². The minimum absolute atomic E-state index is 0.127. The number of halogens is 2. The number of alkyl halides is 2. The Morgan fingerprint density at radius 2 is 2.00 bits per heavy atom. The van der Waals surface area contributed by atoms with Crippen LogP contribution in [0.15, 0.2) is 0 Å². The van der Waals surface area contributed by atoms with E-state index >= 15 is 0 Å². The Balaban J connectivity index is 3.39. The van der Waals surface area contributed by atoms with Crippen LogP contribution in [0.25, 0.3) is 0 Å². The minimum atomic E-state index is -3.04. The third-order valence-corrected chi connectivity index (χ3v) is 0.869. The lowest BCUT2D eigenvalue weighted by molar-refractivity contribution is -0.131. The highest BCUT2D eigenvalue weighted by Crippen LogP contribution is 1.90. The van der Waals surface area contributed by atoms with E-state index in [0.29, 0.717) is 0 Å². The van der Waals surface area contributed by atoms with Gasteiger partial charge in [-0.3, -0.25) is 9.59 Å². The highest BCUT2D eigenvalue weighted by atomic mass is 19.3. The molecule has 0 fully saturated rings. The number of carbonyl (C=O) groups excluding carboxylic acids is 2. The fraction of sp³-hybridized carbons (Fsp3) is 0.600. The van der Waals surface area contributed by atoms with Crippen molar-refractivity contribution in [1.29, 1.82) is 0 Å². The van der Waals surface area contributed by atoms with E-state index in [1.165, 1.54) is 0 Å². The second kappa shape index (κ2) is 4.59. The van der Waals surface area contributed by atoms with Gasteiger partial charge in [0.15, 0.2) is 0 Å². The van der Waals surface area contributed by atoms with Crippen molar-refractivity contribution in [1.82, 2.24) is 5.32 Å². The SMILES string of the molecule is NC(=O)CCNC(=O)C(F)F. The van der Waals surface area contributed by atoms with Crippen LogP contribution in [0.1, 0.15) is 6.42 Å². The number of primary amides is 1. The molecule has 0 atom stereocenters. The fourth-order valence-electron chi connectivity index (χ4n) is 0.386. The van der Waals surface area contributed by atoms with Crippen LogP contribution >= 0.6 is 0 Å². The Morgan fingerprint density at radius 1 is 1.45 bits per heavy atom. The number of amides is 2. The maximum Gasteiger partial charge on any atom is 0.315 e. The highest BCUT2D eigenvalue weighted by Gasteiger charge is 2.13. The second-order valence-corrected chi connectivity index (χ2v) is 1.81. The van der Waals surface area contributed by atoms with Crippen molar-refractivity contribution in [2.75, 3.05) is 6.54 Å². The number of nitrogens with one attached hydrogen (secondary N) is 1. The van der Waals surface area contributed by atoms with Crippen molar-refractivity contribution in [3.05, 3.63) is 0 Å². The molecule has 3 N–H and O–H groups in total. The minimum Gasteiger partial charge on any atom is -0.370 e. The Morgan fingerprint density at radius 3 is 2.36 bits per heavy atom. The summed E-state index contributed by atoms with van der Waals surface area (Å²) in [5.41, 5.74) is 4.68. The van der Waals surface area contributed by atoms with E-state index in [9.17, 15) is 18.4 Å². The zero-order valence-corrected chi connectivity index (χ0v) is 5.64. The molecule has 0 aliphatic carbocycles. The summed E-state index contributed by atoms with van der Waals surface area (Å²) in [6.07, 6.45) is -3.17. The number of nitrogens with two attached hydrogens (primary N) is 1. The Labute approximate surface area is 61.7 Å². The van der Waals surface area contributed by atoms with E-state index in [4.69, 9.17) is 0 Å². The first-order chi connectivity index (χ1) is 5.04. The molecule has 11 heavy (non-hydrogen) atoms. The maximum atomic E-state index is 11.4. The van der Waals surface area contributed by atoms with Crippen LogP contribution in [0.5, 0.6) is 0 Å². The van der Waals surface area contributed by atoms with Crippen molar-refractivity contribution in [2.45, 2.75) is 12.8 Å². The lowest BCUT2D eigenvalue weighted by Gasteiger charge is -2.00. The highest BCUT2D eigenvalue weighted by molar-refractivity contribution is 5.80. The third-order valence-electron chi connectivity index (χ3n) is 0.869. The molecule has 6 heteroatoms. The van der Waals surface area contributed by atoms with Crippen molar-refractivity contribution in [3.63, 3.8) is 0 Å².